The lowest BCUT2D eigenvalue weighted by molar-refractivity contribution is -0.139. The Balaban J connectivity index is 2.11. The van der Waals surface area contributed by atoms with Gasteiger partial charge in [-0.1, -0.05) is 78.9 Å². The third-order valence-corrected chi connectivity index (χ3v) is 6.43. The van der Waals surface area contributed by atoms with E-state index in [1.54, 1.807) is 73.7 Å². The molecular weight excluding hydrogens is 437 g/mol. The summed E-state index contributed by atoms with van der Waals surface area (Å²) in [6.07, 6.45) is -1.70. The standard InChI is InChI=1S/C24H23F3N2O2S/c1-2-9-17-14-15-20(24(25,26)27)21(16-17)32(30,31)29-23(19-12-7-4-8-13-19)22(28)18-10-5-3-6-11-18/h2-16,22-23,29H,28H2,1H3. The lowest BCUT2D eigenvalue weighted by atomic mass is 9.95. The van der Waals surface area contributed by atoms with Gasteiger partial charge in [0.2, 0.25) is 10.0 Å². The van der Waals surface area contributed by atoms with E-state index in [0.29, 0.717) is 16.7 Å². The van der Waals surface area contributed by atoms with Crippen LogP contribution in [0.5, 0.6) is 0 Å². The van der Waals surface area contributed by atoms with Crippen molar-refractivity contribution >= 4 is 16.1 Å². The zero-order valence-electron chi connectivity index (χ0n) is 17.3. The number of alkyl halides is 3. The van der Waals surface area contributed by atoms with Crippen LogP contribution in [0.1, 0.15) is 41.3 Å². The number of nitrogens with two attached hydrogens (primary N) is 1. The van der Waals surface area contributed by atoms with Crippen LogP contribution in [0.25, 0.3) is 6.08 Å². The normalized spacial score (nSPS) is 14.4. The van der Waals surface area contributed by atoms with Gasteiger partial charge < -0.3 is 5.73 Å². The number of sulfonamides is 1. The topological polar surface area (TPSA) is 72.2 Å². The van der Waals surface area contributed by atoms with Crippen molar-refractivity contribution < 1.29 is 21.6 Å². The van der Waals surface area contributed by atoms with Crippen LogP contribution < -0.4 is 10.5 Å². The van der Waals surface area contributed by atoms with Crippen LogP contribution in [0.4, 0.5) is 13.2 Å². The second-order valence-corrected chi connectivity index (χ2v) is 8.88. The first-order chi connectivity index (χ1) is 15.1. The predicted octanol–water partition coefficient (Wildman–Crippen LogP) is 5.46. The fraction of sp³-hybridized carbons (Fsp3) is 0.167. The molecule has 0 heterocycles. The molecule has 0 saturated heterocycles. The maximum atomic E-state index is 13.6. The van der Waals surface area contributed by atoms with Crippen molar-refractivity contribution in [1.82, 2.24) is 4.72 Å². The molecule has 4 nitrogen and oxygen atoms in total. The Labute approximate surface area is 185 Å². The van der Waals surface area contributed by atoms with Crippen molar-refractivity contribution in [3.05, 3.63) is 107 Å². The molecule has 0 aliphatic carbocycles. The van der Waals surface area contributed by atoms with Crippen molar-refractivity contribution in [1.29, 1.82) is 0 Å². The van der Waals surface area contributed by atoms with Crippen LogP contribution in [0, 0.1) is 0 Å². The summed E-state index contributed by atoms with van der Waals surface area (Å²) in [6.45, 7) is 1.69. The maximum absolute atomic E-state index is 13.6. The van der Waals surface area contributed by atoms with Gasteiger partial charge in [-0.05, 0) is 35.7 Å². The Hall–Kier alpha value is -2.94. The summed E-state index contributed by atoms with van der Waals surface area (Å²) in [6, 6.07) is 18.5. The molecule has 0 aliphatic heterocycles. The predicted molar refractivity (Wildman–Crippen MR) is 119 cm³/mol. The second kappa shape index (κ2) is 9.68. The average Bonchev–Trinajstić information content (AvgIpc) is 2.78. The van der Waals surface area contributed by atoms with E-state index in [9.17, 15) is 21.6 Å². The largest absolute Gasteiger partial charge is 0.417 e. The van der Waals surface area contributed by atoms with Crippen LogP contribution in [0.2, 0.25) is 0 Å². The average molecular weight is 461 g/mol. The van der Waals surface area contributed by atoms with Gasteiger partial charge in [0.1, 0.15) is 0 Å². The van der Waals surface area contributed by atoms with Gasteiger partial charge in [0.15, 0.2) is 0 Å². The number of allylic oxidation sites excluding steroid dienone is 1. The minimum atomic E-state index is -4.84. The number of hydrogen-bond donors (Lipinski definition) is 2. The van der Waals surface area contributed by atoms with E-state index in [1.165, 1.54) is 12.1 Å². The molecule has 168 valence electrons. The minimum Gasteiger partial charge on any atom is -0.322 e. The minimum absolute atomic E-state index is 0.337. The van der Waals surface area contributed by atoms with E-state index >= 15 is 0 Å². The van der Waals surface area contributed by atoms with E-state index in [0.717, 1.165) is 12.1 Å². The number of benzene rings is 3. The molecule has 3 N–H and O–H groups in total. The molecule has 0 saturated carbocycles. The Morgan fingerprint density at radius 3 is 2.00 bits per heavy atom. The molecule has 32 heavy (non-hydrogen) atoms. The van der Waals surface area contributed by atoms with E-state index in [-0.39, 0.29) is 0 Å². The lowest BCUT2D eigenvalue weighted by Gasteiger charge is -2.26. The summed E-state index contributed by atoms with van der Waals surface area (Å²) in [5, 5.41) is 0. The van der Waals surface area contributed by atoms with Gasteiger partial charge >= 0.3 is 6.18 Å². The summed E-state index contributed by atoms with van der Waals surface area (Å²) < 4.78 is 69.9. The van der Waals surface area contributed by atoms with E-state index in [1.807, 2.05) is 0 Å². The number of hydrogen-bond acceptors (Lipinski definition) is 3. The first-order valence-electron chi connectivity index (χ1n) is 9.85. The van der Waals surface area contributed by atoms with Crippen molar-refractivity contribution in [3.63, 3.8) is 0 Å². The van der Waals surface area contributed by atoms with Gasteiger partial charge in [0.25, 0.3) is 0 Å². The molecule has 0 aromatic heterocycles. The Morgan fingerprint density at radius 1 is 0.906 bits per heavy atom. The van der Waals surface area contributed by atoms with Crippen LogP contribution in [-0.4, -0.2) is 8.42 Å². The highest BCUT2D eigenvalue weighted by Crippen LogP contribution is 2.36. The van der Waals surface area contributed by atoms with Crippen molar-refractivity contribution in [3.8, 4) is 0 Å². The summed E-state index contributed by atoms with van der Waals surface area (Å²) in [4.78, 5) is -0.846. The summed E-state index contributed by atoms with van der Waals surface area (Å²) in [5.41, 5.74) is 6.67. The summed E-state index contributed by atoms with van der Waals surface area (Å²) >= 11 is 0. The van der Waals surface area contributed by atoms with Crippen LogP contribution in [-0.2, 0) is 16.2 Å². The number of halogens is 3. The smallest absolute Gasteiger partial charge is 0.322 e. The maximum Gasteiger partial charge on any atom is 0.417 e. The zero-order chi connectivity index (χ0) is 23.4. The summed E-state index contributed by atoms with van der Waals surface area (Å²) in [7, 11) is -4.60. The van der Waals surface area contributed by atoms with Gasteiger partial charge in [-0.25, -0.2) is 13.1 Å². The van der Waals surface area contributed by atoms with Gasteiger partial charge in [0, 0.05) is 0 Å². The van der Waals surface area contributed by atoms with Crippen molar-refractivity contribution in [2.45, 2.75) is 30.1 Å². The van der Waals surface area contributed by atoms with E-state index in [4.69, 9.17) is 5.73 Å². The second-order valence-electron chi connectivity index (χ2n) is 7.20. The molecule has 3 rings (SSSR count). The van der Waals surface area contributed by atoms with Gasteiger partial charge in [-0.2, -0.15) is 13.2 Å². The first-order valence-corrected chi connectivity index (χ1v) is 11.3. The van der Waals surface area contributed by atoms with Crippen molar-refractivity contribution in [2.75, 3.05) is 0 Å². The van der Waals surface area contributed by atoms with Crippen molar-refractivity contribution in [2.24, 2.45) is 5.73 Å². The fourth-order valence-corrected chi connectivity index (χ4v) is 4.91. The highest BCUT2D eigenvalue weighted by molar-refractivity contribution is 7.89. The zero-order valence-corrected chi connectivity index (χ0v) is 18.1. The molecule has 2 unspecified atom stereocenters. The quantitative estimate of drug-likeness (QED) is 0.492. The Bertz CT molecular complexity index is 1180. The number of nitrogens with one attached hydrogen (secondary N) is 1. The van der Waals surface area contributed by atoms with Crippen LogP contribution in [0.3, 0.4) is 0 Å². The van der Waals surface area contributed by atoms with Gasteiger partial charge in [-0.15, -0.1) is 0 Å². The highest BCUT2D eigenvalue weighted by Gasteiger charge is 2.38. The van der Waals surface area contributed by atoms with Gasteiger partial charge in [-0.3, -0.25) is 0 Å². The molecule has 0 radical (unpaired) electrons. The van der Waals surface area contributed by atoms with E-state index < -0.39 is 38.7 Å². The molecule has 0 spiro atoms. The monoisotopic (exact) mass is 460 g/mol. The third kappa shape index (κ3) is 5.45. The first kappa shape index (κ1) is 23.7. The molecule has 0 aliphatic rings. The highest BCUT2D eigenvalue weighted by atomic mass is 32.2. The molecule has 0 fully saturated rings. The molecule has 0 bridgehead atoms. The molecule has 3 aromatic rings. The Kier molecular flexibility index (Phi) is 7.18. The van der Waals surface area contributed by atoms with Crippen LogP contribution >= 0.6 is 0 Å². The molecule has 8 heteroatoms. The molecule has 3 aromatic carbocycles. The van der Waals surface area contributed by atoms with Crippen LogP contribution in [0.15, 0.2) is 89.8 Å². The summed E-state index contributed by atoms with van der Waals surface area (Å²) in [5.74, 6) is 0. The number of rotatable bonds is 7. The molecule has 2 atom stereocenters. The van der Waals surface area contributed by atoms with E-state index in [2.05, 4.69) is 4.72 Å². The molecule has 0 amide bonds. The Morgan fingerprint density at radius 2 is 1.47 bits per heavy atom. The SMILES string of the molecule is CC=Cc1ccc(C(F)(F)F)c(S(=O)(=O)NC(c2ccccc2)C(N)c2ccccc2)c1. The fourth-order valence-electron chi connectivity index (χ4n) is 3.40. The molecular formula is C24H23F3N2O2S. The third-order valence-electron chi connectivity index (χ3n) is 4.94. The van der Waals surface area contributed by atoms with Gasteiger partial charge in [0.05, 0.1) is 22.5 Å². The lowest BCUT2D eigenvalue weighted by Crippen LogP contribution is -2.36.